The number of benzene rings is 1. The molecule has 9 nitrogen and oxygen atoms in total. The van der Waals surface area contributed by atoms with Crippen LogP contribution in [0, 0.1) is 5.82 Å². The Labute approximate surface area is 154 Å². The Morgan fingerprint density at radius 3 is 2.81 bits per heavy atom. The van der Waals surface area contributed by atoms with Crippen molar-refractivity contribution in [1.82, 2.24) is 23.9 Å². The summed E-state index contributed by atoms with van der Waals surface area (Å²) in [5, 5.41) is 6.99. The third-order valence-corrected chi connectivity index (χ3v) is 5.09. The van der Waals surface area contributed by atoms with Gasteiger partial charge in [-0.3, -0.25) is 18.7 Å². The lowest BCUT2D eigenvalue weighted by Gasteiger charge is -2.06. The van der Waals surface area contributed by atoms with Gasteiger partial charge in [0.25, 0.3) is 5.56 Å². The highest BCUT2D eigenvalue weighted by molar-refractivity contribution is 7.22. The van der Waals surface area contributed by atoms with Crippen LogP contribution in [0.4, 0.5) is 9.52 Å². The Hall–Kier alpha value is -3.34. The van der Waals surface area contributed by atoms with Gasteiger partial charge in [-0.1, -0.05) is 11.3 Å². The first-order valence-corrected chi connectivity index (χ1v) is 8.64. The zero-order valence-corrected chi connectivity index (χ0v) is 15.1. The summed E-state index contributed by atoms with van der Waals surface area (Å²) in [4.78, 5) is 40.9. The fraction of sp³-hybridized carbons (Fsp3) is 0.188. The quantitative estimate of drug-likeness (QED) is 0.560. The molecule has 1 N–H and O–H groups in total. The van der Waals surface area contributed by atoms with E-state index in [2.05, 4.69) is 15.4 Å². The van der Waals surface area contributed by atoms with Gasteiger partial charge in [0.2, 0.25) is 5.91 Å². The van der Waals surface area contributed by atoms with Crippen molar-refractivity contribution in [3.8, 4) is 0 Å². The molecule has 0 bridgehead atoms. The summed E-state index contributed by atoms with van der Waals surface area (Å²) in [5.74, 6) is -0.830. The third-order valence-electron chi connectivity index (χ3n) is 4.15. The number of aryl methyl sites for hydroxylation is 1. The smallest absolute Gasteiger partial charge is 0.300 e. The number of anilines is 1. The van der Waals surface area contributed by atoms with Crippen LogP contribution >= 0.6 is 11.3 Å². The summed E-state index contributed by atoms with van der Waals surface area (Å²) in [6.45, 7) is -0.235. The fourth-order valence-corrected chi connectivity index (χ4v) is 3.69. The van der Waals surface area contributed by atoms with Crippen molar-refractivity contribution in [2.24, 2.45) is 14.1 Å². The number of rotatable bonds is 3. The summed E-state index contributed by atoms with van der Waals surface area (Å²) in [7, 11) is 2.89. The van der Waals surface area contributed by atoms with Crippen LogP contribution in [0.5, 0.6) is 0 Å². The van der Waals surface area contributed by atoms with Crippen LogP contribution < -0.4 is 16.6 Å². The van der Waals surface area contributed by atoms with Crippen molar-refractivity contribution in [3.05, 3.63) is 51.1 Å². The summed E-state index contributed by atoms with van der Waals surface area (Å²) in [5.41, 5.74) is 0.0599. The van der Waals surface area contributed by atoms with Crippen molar-refractivity contribution in [3.63, 3.8) is 0 Å². The van der Waals surface area contributed by atoms with Crippen molar-refractivity contribution in [2.75, 3.05) is 5.32 Å². The second-order valence-electron chi connectivity index (χ2n) is 5.92. The van der Waals surface area contributed by atoms with E-state index in [1.165, 1.54) is 47.7 Å². The second kappa shape index (κ2) is 6.13. The second-order valence-corrected chi connectivity index (χ2v) is 6.95. The lowest BCUT2D eigenvalue weighted by molar-refractivity contribution is -0.116. The van der Waals surface area contributed by atoms with Crippen molar-refractivity contribution >= 4 is 43.6 Å². The molecule has 0 spiro atoms. The molecule has 4 rings (SSSR count). The molecule has 4 aromatic rings. The molecule has 0 fully saturated rings. The number of carbonyl (C=O) groups excluding carboxylic acids is 1. The number of thiazole rings is 1. The van der Waals surface area contributed by atoms with Crippen LogP contribution in [-0.2, 0) is 25.4 Å². The lowest BCUT2D eigenvalue weighted by Crippen LogP contribution is -2.37. The molecule has 0 atom stereocenters. The Morgan fingerprint density at radius 1 is 1.26 bits per heavy atom. The Kier molecular flexibility index (Phi) is 3.88. The van der Waals surface area contributed by atoms with Crippen molar-refractivity contribution in [1.29, 1.82) is 0 Å². The third kappa shape index (κ3) is 2.81. The maximum Gasteiger partial charge on any atom is 0.331 e. The molecule has 0 saturated carbocycles. The van der Waals surface area contributed by atoms with Gasteiger partial charge < -0.3 is 5.32 Å². The van der Waals surface area contributed by atoms with Crippen LogP contribution in [0.3, 0.4) is 0 Å². The molecular weight excluding hydrogens is 375 g/mol. The van der Waals surface area contributed by atoms with E-state index in [1.807, 2.05) is 0 Å². The SMILES string of the molecule is Cn1c(=O)c2c(cnn2CC(=O)Nc2nc3ccc(F)cc3s2)n(C)c1=O. The van der Waals surface area contributed by atoms with Crippen LogP contribution in [-0.4, -0.2) is 29.8 Å². The van der Waals surface area contributed by atoms with Crippen molar-refractivity contribution in [2.45, 2.75) is 6.54 Å². The Morgan fingerprint density at radius 2 is 2.04 bits per heavy atom. The van der Waals surface area contributed by atoms with Crippen LogP contribution in [0.15, 0.2) is 34.0 Å². The number of aromatic nitrogens is 5. The van der Waals surface area contributed by atoms with Gasteiger partial charge in [-0.15, -0.1) is 0 Å². The number of nitrogens with zero attached hydrogens (tertiary/aromatic N) is 5. The molecule has 0 unspecified atom stereocenters. The monoisotopic (exact) mass is 388 g/mol. The highest BCUT2D eigenvalue weighted by atomic mass is 32.1. The predicted molar refractivity (Wildman–Crippen MR) is 98.4 cm³/mol. The number of hydrogen-bond acceptors (Lipinski definition) is 6. The number of amides is 1. The minimum atomic E-state index is -0.533. The van der Waals surface area contributed by atoms with Gasteiger partial charge in [-0.05, 0) is 18.2 Å². The fourth-order valence-electron chi connectivity index (χ4n) is 2.78. The van der Waals surface area contributed by atoms with E-state index in [1.54, 1.807) is 0 Å². The maximum atomic E-state index is 13.3. The van der Waals surface area contributed by atoms with Gasteiger partial charge in [0.15, 0.2) is 10.6 Å². The zero-order chi connectivity index (χ0) is 19.3. The predicted octanol–water partition coefficient (Wildman–Crippen LogP) is 0.821. The molecule has 0 radical (unpaired) electrons. The van der Waals surface area contributed by atoms with E-state index in [0.29, 0.717) is 20.9 Å². The normalized spacial score (nSPS) is 11.4. The highest BCUT2D eigenvalue weighted by Crippen LogP contribution is 2.26. The standard InChI is InChI=1S/C16H13FN6O3S/c1-21-10-6-18-23(13(10)14(25)22(2)16(21)26)7-12(24)20-15-19-9-4-3-8(17)5-11(9)27-15/h3-6H,7H2,1-2H3,(H,19,20,24). The van der Waals surface area contributed by atoms with Gasteiger partial charge in [0.1, 0.15) is 12.4 Å². The molecule has 0 aliphatic carbocycles. The van der Waals surface area contributed by atoms with E-state index < -0.39 is 17.2 Å². The molecule has 138 valence electrons. The number of carbonyl (C=O) groups is 1. The summed E-state index contributed by atoms with van der Waals surface area (Å²) < 4.78 is 17.4. The van der Waals surface area contributed by atoms with E-state index in [9.17, 15) is 18.8 Å². The first-order chi connectivity index (χ1) is 12.8. The van der Waals surface area contributed by atoms with Crippen LogP contribution in [0.25, 0.3) is 21.3 Å². The van der Waals surface area contributed by atoms with Crippen molar-refractivity contribution < 1.29 is 9.18 Å². The number of halogens is 1. The van der Waals surface area contributed by atoms with E-state index in [4.69, 9.17) is 0 Å². The van der Waals surface area contributed by atoms with Gasteiger partial charge in [-0.2, -0.15) is 5.10 Å². The maximum absolute atomic E-state index is 13.3. The summed E-state index contributed by atoms with van der Waals surface area (Å²) >= 11 is 1.14. The first-order valence-electron chi connectivity index (χ1n) is 7.82. The topological polar surface area (TPSA) is 104 Å². The number of fused-ring (bicyclic) bond motifs is 2. The minimum absolute atomic E-state index is 0.154. The van der Waals surface area contributed by atoms with E-state index >= 15 is 0 Å². The summed E-state index contributed by atoms with van der Waals surface area (Å²) in [6.07, 6.45) is 1.37. The highest BCUT2D eigenvalue weighted by Gasteiger charge is 2.16. The largest absolute Gasteiger partial charge is 0.331 e. The molecule has 1 amide bonds. The van der Waals surface area contributed by atoms with E-state index in [0.717, 1.165) is 15.9 Å². The number of hydrogen-bond donors (Lipinski definition) is 1. The van der Waals surface area contributed by atoms with Gasteiger partial charge in [0, 0.05) is 14.1 Å². The van der Waals surface area contributed by atoms with Crippen LogP contribution in [0.1, 0.15) is 0 Å². The molecule has 27 heavy (non-hydrogen) atoms. The van der Waals surface area contributed by atoms with Gasteiger partial charge in [0.05, 0.1) is 21.9 Å². The molecule has 0 aliphatic heterocycles. The lowest BCUT2D eigenvalue weighted by atomic mass is 10.3. The van der Waals surface area contributed by atoms with Crippen LogP contribution in [0.2, 0.25) is 0 Å². The first kappa shape index (κ1) is 17.1. The Bertz CT molecular complexity index is 1330. The Balaban J connectivity index is 1.64. The molecule has 11 heteroatoms. The van der Waals surface area contributed by atoms with Gasteiger partial charge in [-0.25, -0.2) is 18.9 Å². The molecule has 3 heterocycles. The average Bonchev–Trinajstić information content (AvgIpc) is 3.21. The van der Waals surface area contributed by atoms with Gasteiger partial charge >= 0.3 is 5.69 Å². The minimum Gasteiger partial charge on any atom is -0.300 e. The number of nitrogens with one attached hydrogen (secondary N) is 1. The zero-order valence-electron chi connectivity index (χ0n) is 14.3. The van der Waals surface area contributed by atoms with E-state index in [-0.39, 0.29) is 17.9 Å². The molecule has 0 aliphatic rings. The molecular formula is C16H13FN6O3S. The summed E-state index contributed by atoms with van der Waals surface area (Å²) in [6, 6.07) is 4.17. The average molecular weight is 388 g/mol. The molecule has 1 aromatic carbocycles. The molecule has 0 saturated heterocycles. The molecule has 3 aromatic heterocycles.